The number of aromatic amines is 1. The minimum Gasteiger partial charge on any atom is -0.377 e. The van der Waals surface area contributed by atoms with Gasteiger partial charge in [-0.1, -0.05) is 0 Å². The Morgan fingerprint density at radius 2 is 2.09 bits per heavy atom. The smallest absolute Gasteiger partial charge is 0.377 e. The monoisotopic (exact) mass is 478 g/mol. The molecule has 3 aliphatic rings. The van der Waals surface area contributed by atoms with Crippen LogP contribution in [0.3, 0.4) is 0 Å². The summed E-state index contributed by atoms with van der Waals surface area (Å²) in [6.07, 6.45) is 0.591. The van der Waals surface area contributed by atoms with Gasteiger partial charge in [0, 0.05) is 42.6 Å². The molecule has 0 bridgehead atoms. The number of H-pyrrole nitrogens is 1. The summed E-state index contributed by atoms with van der Waals surface area (Å²) in [5.41, 5.74) is 0.113. The molecule has 5 heterocycles. The third-order valence-corrected chi connectivity index (χ3v) is 6.98. The van der Waals surface area contributed by atoms with Crippen LogP contribution in [-0.4, -0.2) is 69.7 Å². The number of amides is 1. The number of hydrogen-bond donors (Lipinski definition) is 3. The van der Waals surface area contributed by atoms with Gasteiger partial charge in [-0.2, -0.15) is 13.2 Å². The van der Waals surface area contributed by atoms with Gasteiger partial charge in [0.15, 0.2) is 0 Å². The minimum absolute atomic E-state index is 0.0138. The lowest BCUT2D eigenvalue weighted by molar-refractivity contribution is -0.137. The van der Waals surface area contributed by atoms with Crippen LogP contribution in [0.15, 0.2) is 12.4 Å². The maximum atomic E-state index is 13.9. The first kappa shape index (κ1) is 23.1. The molecular weight excluding hydrogens is 449 g/mol. The van der Waals surface area contributed by atoms with Gasteiger partial charge in [-0.15, -0.1) is 0 Å². The van der Waals surface area contributed by atoms with Gasteiger partial charge in [0.25, 0.3) is 5.91 Å². The normalized spacial score (nSPS) is 23.3. The number of aromatic nitrogens is 3. The SMILES string of the molecule is CC1(C)CC[C@H](Nc2ncc(C(F)(F)F)c(-c3c[nH]c4c3CCCN(C3COC3)C4=O)n2)CN1. The molecule has 2 saturated heterocycles. The highest BCUT2D eigenvalue weighted by Crippen LogP contribution is 2.39. The number of anilines is 1. The van der Waals surface area contributed by atoms with E-state index in [2.05, 4.69) is 39.4 Å². The van der Waals surface area contributed by atoms with E-state index in [1.807, 2.05) is 0 Å². The molecule has 34 heavy (non-hydrogen) atoms. The van der Waals surface area contributed by atoms with Gasteiger partial charge < -0.3 is 25.3 Å². The van der Waals surface area contributed by atoms with Crippen molar-refractivity contribution in [1.29, 1.82) is 0 Å². The summed E-state index contributed by atoms with van der Waals surface area (Å²) < 4.78 is 47.0. The zero-order valence-electron chi connectivity index (χ0n) is 19.3. The van der Waals surface area contributed by atoms with E-state index in [1.54, 1.807) is 4.90 Å². The van der Waals surface area contributed by atoms with E-state index in [-0.39, 0.29) is 35.2 Å². The molecule has 8 nitrogen and oxygen atoms in total. The zero-order chi connectivity index (χ0) is 24.1. The van der Waals surface area contributed by atoms with E-state index in [0.717, 1.165) is 19.0 Å². The van der Waals surface area contributed by atoms with Gasteiger partial charge in [-0.3, -0.25) is 4.79 Å². The Balaban J connectivity index is 1.48. The molecule has 1 atom stereocenters. The fraction of sp³-hybridized carbons (Fsp3) is 0.609. The van der Waals surface area contributed by atoms with Gasteiger partial charge in [0.05, 0.1) is 24.9 Å². The number of carbonyl (C=O) groups excluding carboxylic acids is 1. The van der Waals surface area contributed by atoms with Crippen molar-refractivity contribution >= 4 is 11.9 Å². The second kappa shape index (κ2) is 8.53. The van der Waals surface area contributed by atoms with Gasteiger partial charge >= 0.3 is 6.18 Å². The molecule has 3 aliphatic heterocycles. The predicted molar refractivity (Wildman–Crippen MR) is 120 cm³/mol. The summed E-state index contributed by atoms with van der Waals surface area (Å²) in [7, 11) is 0. The Labute approximate surface area is 195 Å². The van der Waals surface area contributed by atoms with Crippen molar-refractivity contribution in [3.63, 3.8) is 0 Å². The highest BCUT2D eigenvalue weighted by molar-refractivity contribution is 5.97. The van der Waals surface area contributed by atoms with Crippen molar-refractivity contribution in [1.82, 2.24) is 25.2 Å². The van der Waals surface area contributed by atoms with Gasteiger partial charge in [0.2, 0.25) is 5.95 Å². The fourth-order valence-corrected chi connectivity index (χ4v) is 4.83. The Morgan fingerprint density at radius 1 is 1.29 bits per heavy atom. The number of halogens is 3. The van der Waals surface area contributed by atoms with E-state index in [1.165, 1.54) is 6.20 Å². The average molecular weight is 479 g/mol. The standard InChI is InChI=1S/C23H29F3N6O2/c1-22(2)6-5-13(8-29-22)30-21-28-10-17(23(24,25)26)18(31-21)16-9-27-19-15(16)4-3-7-32(20(19)33)14-11-34-12-14/h9-10,13-14,27,29H,3-8,11-12H2,1-2H3,(H,28,30,31)/t13-/m0/s1. The van der Waals surface area contributed by atoms with Crippen LogP contribution in [0.5, 0.6) is 0 Å². The lowest BCUT2D eigenvalue weighted by atomic mass is 9.91. The zero-order valence-corrected chi connectivity index (χ0v) is 19.3. The molecular formula is C23H29F3N6O2. The molecule has 0 aromatic carbocycles. The third kappa shape index (κ3) is 4.38. The number of ether oxygens (including phenoxy) is 1. The molecule has 3 N–H and O–H groups in total. The van der Waals surface area contributed by atoms with E-state index in [9.17, 15) is 18.0 Å². The maximum absolute atomic E-state index is 13.9. The van der Waals surface area contributed by atoms with Crippen molar-refractivity contribution in [2.24, 2.45) is 0 Å². The molecule has 0 unspecified atom stereocenters. The van der Waals surface area contributed by atoms with Crippen LogP contribution in [-0.2, 0) is 17.3 Å². The van der Waals surface area contributed by atoms with Crippen LogP contribution in [0, 0.1) is 0 Å². The summed E-state index contributed by atoms with van der Waals surface area (Å²) in [4.78, 5) is 26.1. The van der Waals surface area contributed by atoms with Gasteiger partial charge in [-0.25, -0.2) is 9.97 Å². The first-order valence-electron chi connectivity index (χ1n) is 11.7. The lowest BCUT2D eigenvalue weighted by Gasteiger charge is -2.36. The second-order valence-corrected chi connectivity index (χ2v) is 9.95. The van der Waals surface area contributed by atoms with Gasteiger partial charge in [-0.05, 0) is 45.1 Å². The van der Waals surface area contributed by atoms with E-state index in [4.69, 9.17) is 4.74 Å². The largest absolute Gasteiger partial charge is 0.419 e. The van der Waals surface area contributed by atoms with Crippen molar-refractivity contribution in [3.8, 4) is 11.3 Å². The molecule has 11 heteroatoms. The first-order valence-corrected chi connectivity index (χ1v) is 11.7. The van der Waals surface area contributed by atoms with Crippen molar-refractivity contribution in [3.05, 3.63) is 29.2 Å². The van der Waals surface area contributed by atoms with Crippen molar-refractivity contribution in [2.45, 2.75) is 63.3 Å². The molecule has 2 aromatic rings. The molecule has 0 aliphatic carbocycles. The number of nitrogens with zero attached hydrogens (tertiary/aromatic N) is 3. The van der Waals surface area contributed by atoms with Crippen LogP contribution in [0.25, 0.3) is 11.3 Å². The summed E-state index contributed by atoms with van der Waals surface area (Å²) in [5, 5.41) is 6.61. The van der Waals surface area contributed by atoms with Gasteiger partial charge in [0.1, 0.15) is 11.3 Å². The Morgan fingerprint density at radius 3 is 2.74 bits per heavy atom. The van der Waals surface area contributed by atoms with Crippen LogP contribution >= 0.6 is 0 Å². The number of carbonyl (C=O) groups is 1. The van der Waals surface area contributed by atoms with E-state index >= 15 is 0 Å². The van der Waals surface area contributed by atoms with Crippen LogP contribution in [0.1, 0.15) is 54.7 Å². The first-order chi connectivity index (χ1) is 16.1. The summed E-state index contributed by atoms with van der Waals surface area (Å²) in [6.45, 7) is 6.42. The highest BCUT2D eigenvalue weighted by Gasteiger charge is 2.39. The minimum atomic E-state index is -4.63. The fourth-order valence-electron chi connectivity index (χ4n) is 4.83. The Bertz CT molecular complexity index is 1070. The number of hydrogen-bond acceptors (Lipinski definition) is 6. The summed E-state index contributed by atoms with van der Waals surface area (Å²) >= 11 is 0. The number of nitrogens with one attached hydrogen (secondary N) is 3. The Hall–Kier alpha value is -2.66. The molecule has 184 valence electrons. The van der Waals surface area contributed by atoms with Crippen LogP contribution in [0.4, 0.5) is 19.1 Å². The van der Waals surface area contributed by atoms with Crippen molar-refractivity contribution < 1.29 is 22.7 Å². The molecule has 0 radical (unpaired) electrons. The lowest BCUT2D eigenvalue weighted by Crippen LogP contribution is -2.51. The molecule has 2 aromatic heterocycles. The number of rotatable bonds is 4. The number of fused-ring (bicyclic) bond motifs is 1. The Kier molecular flexibility index (Phi) is 5.79. The second-order valence-electron chi connectivity index (χ2n) is 9.95. The number of alkyl halides is 3. The molecule has 2 fully saturated rings. The third-order valence-electron chi connectivity index (χ3n) is 6.98. The quantitative estimate of drug-likeness (QED) is 0.625. The number of piperidine rings is 1. The molecule has 0 spiro atoms. The van der Waals surface area contributed by atoms with Crippen molar-refractivity contribution in [2.75, 3.05) is 31.6 Å². The van der Waals surface area contributed by atoms with E-state index in [0.29, 0.717) is 56.0 Å². The highest BCUT2D eigenvalue weighted by atomic mass is 19.4. The predicted octanol–water partition coefficient (Wildman–Crippen LogP) is 3.22. The van der Waals surface area contributed by atoms with Crippen LogP contribution in [0.2, 0.25) is 0 Å². The maximum Gasteiger partial charge on any atom is 0.419 e. The average Bonchev–Trinajstić information content (AvgIpc) is 3.09. The molecule has 0 saturated carbocycles. The van der Waals surface area contributed by atoms with Crippen LogP contribution < -0.4 is 10.6 Å². The summed E-state index contributed by atoms with van der Waals surface area (Å²) in [6, 6.07) is 0.0284. The molecule has 1 amide bonds. The topological polar surface area (TPSA) is 95.2 Å². The van der Waals surface area contributed by atoms with E-state index < -0.39 is 11.7 Å². The summed E-state index contributed by atoms with van der Waals surface area (Å²) in [5.74, 6) is -0.0541. The molecule has 5 rings (SSSR count).